The van der Waals surface area contributed by atoms with Crippen LogP contribution < -0.4 is 10.6 Å². The zero-order valence-electron chi connectivity index (χ0n) is 36.0. The standard InChI is InChI=1S/C45H32N10O13S4/c56-45(46-27-1-5-29(6-2-27)48-52-41-21-23-43(39-25-35(71(63,64)65)17-19-37(39)41)54-50-31-9-13-33(14-10-31)69(57,58)59)47-28-3-7-30(8-4-28)49-53-42-22-24-44(40-26-36(72(66,67)68)18-20-38(40)42)55-51-32-11-15-34(16-12-32)70(60,61)62/h1-26H,(H2,46,47,56)(H,57,58,59)(H,60,61,62)(H,63,64,65)(H,66,67,68)/p-4. The minimum absolute atomic E-state index is 0.135. The first-order valence-corrected chi connectivity index (χ1v) is 25.8. The molecule has 0 fully saturated rings. The Morgan fingerprint density at radius 3 is 0.833 bits per heavy atom. The van der Waals surface area contributed by atoms with E-state index < -0.39 is 66.1 Å². The van der Waals surface area contributed by atoms with Crippen LogP contribution in [-0.4, -0.2) is 57.9 Å². The van der Waals surface area contributed by atoms with Crippen molar-refractivity contribution in [1.29, 1.82) is 0 Å². The molecule has 2 N–H and O–H groups in total. The van der Waals surface area contributed by atoms with Crippen LogP contribution in [0.3, 0.4) is 0 Å². The first-order valence-electron chi connectivity index (χ1n) is 20.2. The molecule has 0 spiro atoms. The predicted molar refractivity (Wildman–Crippen MR) is 255 cm³/mol. The molecule has 0 aliphatic carbocycles. The number of urea groups is 1. The Hall–Kier alpha value is -8.41. The van der Waals surface area contributed by atoms with Crippen LogP contribution in [-0.2, 0) is 40.5 Å². The number of rotatable bonds is 14. The molecule has 0 heterocycles. The van der Waals surface area contributed by atoms with Gasteiger partial charge in [-0.15, -0.1) is 20.5 Å². The lowest BCUT2D eigenvalue weighted by Gasteiger charge is -2.10. The summed E-state index contributed by atoms with van der Waals surface area (Å²) in [5.41, 5.74) is 2.66. The van der Waals surface area contributed by atoms with E-state index >= 15 is 0 Å². The van der Waals surface area contributed by atoms with Crippen LogP contribution in [0.25, 0.3) is 21.5 Å². The molecule has 0 radical (unpaired) electrons. The van der Waals surface area contributed by atoms with E-state index in [9.17, 15) is 56.7 Å². The second kappa shape index (κ2) is 20.1. The van der Waals surface area contributed by atoms with Crippen molar-refractivity contribution in [1.82, 2.24) is 0 Å². The average Bonchev–Trinajstić information content (AvgIpc) is 3.33. The van der Waals surface area contributed by atoms with Gasteiger partial charge in [0.1, 0.15) is 40.5 Å². The summed E-state index contributed by atoms with van der Waals surface area (Å²) >= 11 is 0. The Balaban J connectivity index is 0.920. The largest absolute Gasteiger partial charge is 0.744 e. The highest BCUT2D eigenvalue weighted by molar-refractivity contribution is 7.86. The average molecular weight is 1050 g/mol. The molecule has 0 atom stereocenters. The summed E-state index contributed by atoms with van der Waals surface area (Å²) < 4.78 is 139. The molecule has 364 valence electrons. The molecule has 0 bridgehead atoms. The van der Waals surface area contributed by atoms with E-state index in [1.807, 2.05) is 0 Å². The van der Waals surface area contributed by atoms with Crippen LogP contribution in [0.15, 0.2) is 218 Å². The van der Waals surface area contributed by atoms with Crippen molar-refractivity contribution in [2.45, 2.75) is 19.6 Å². The molecule has 72 heavy (non-hydrogen) atoms. The van der Waals surface area contributed by atoms with Crippen molar-refractivity contribution in [3.05, 3.63) is 158 Å². The smallest absolute Gasteiger partial charge is 0.323 e. The summed E-state index contributed by atoms with van der Waals surface area (Å²) in [5.74, 6) is 0. The maximum atomic E-state index is 12.9. The van der Waals surface area contributed by atoms with Crippen molar-refractivity contribution < 1.29 is 56.7 Å². The molecule has 0 aromatic heterocycles. The molecule has 8 aromatic carbocycles. The third-order valence-corrected chi connectivity index (χ3v) is 13.4. The molecule has 27 heteroatoms. The predicted octanol–water partition coefficient (Wildman–Crippen LogP) is 10.9. The fourth-order valence-corrected chi connectivity index (χ4v) is 8.51. The minimum Gasteiger partial charge on any atom is -0.744 e. The molecule has 8 rings (SSSR count). The number of nitrogens with zero attached hydrogens (tertiary/aromatic N) is 8. The number of nitrogens with one attached hydrogen (secondary N) is 2. The summed E-state index contributed by atoms with van der Waals surface area (Å²) in [5, 5.41) is 39.9. The summed E-state index contributed by atoms with van der Waals surface area (Å²) in [6.07, 6.45) is 0. The van der Waals surface area contributed by atoms with Crippen LogP contribution in [0.1, 0.15) is 0 Å². The number of azo groups is 4. The molecule has 2 amide bonds. The molecular formula is C45H28N10O13S4-4. The monoisotopic (exact) mass is 1040 g/mol. The molecule has 0 aliphatic heterocycles. The van der Waals surface area contributed by atoms with Gasteiger partial charge in [0.25, 0.3) is 0 Å². The Kier molecular flexibility index (Phi) is 14.0. The van der Waals surface area contributed by atoms with Gasteiger partial charge in [-0.1, -0.05) is 12.1 Å². The highest BCUT2D eigenvalue weighted by Crippen LogP contribution is 2.39. The number of carbonyl (C=O) groups is 1. The van der Waals surface area contributed by atoms with Gasteiger partial charge in [0.05, 0.1) is 65.1 Å². The number of amides is 2. The van der Waals surface area contributed by atoms with Crippen molar-refractivity contribution in [2.75, 3.05) is 10.6 Å². The number of hydrogen-bond donors (Lipinski definition) is 2. The third-order valence-electron chi connectivity index (χ3n) is 10.1. The molecule has 0 unspecified atom stereocenters. The fraction of sp³-hybridized carbons (Fsp3) is 0. The normalized spacial score (nSPS) is 12.7. The SMILES string of the molecule is O=C(Nc1ccc(N=Nc2ccc(N=Nc3ccc(S(=O)(=O)[O-])cc3)c3cc(S(=O)(=O)[O-])ccc23)cc1)Nc1ccc(N=Nc2ccc(N=Nc3ccc(S(=O)(=O)[O-])cc3)c3cc(S(=O)(=O)[O-])ccc23)cc1. The fourth-order valence-electron chi connectivity index (χ4n) is 6.57. The van der Waals surface area contributed by atoms with Crippen LogP contribution in [0, 0.1) is 0 Å². The van der Waals surface area contributed by atoms with E-state index in [4.69, 9.17) is 0 Å². The van der Waals surface area contributed by atoms with Crippen molar-refractivity contribution >= 4 is 125 Å². The summed E-state index contributed by atoms with van der Waals surface area (Å²) in [6.45, 7) is 0. The highest BCUT2D eigenvalue weighted by atomic mass is 32.2. The van der Waals surface area contributed by atoms with Gasteiger partial charge in [-0.3, -0.25) is 0 Å². The van der Waals surface area contributed by atoms with Gasteiger partial charge in [-0.05, 0) is 146 Å². The van der Waals surface area contributed by atoms with E-state index in [-0.39, 0.29) is 44.9 Å². The van der Waals surface area contributed by atoms with Crippen molar-refractivity contribution in [2.24, 2.45) is 40.9 Å². The van der Waals surface area contributed by atoms with E-state index in [1.165, 1.54) is 60.7 Å². The maximum absolute atomic E-state index is 12.9. The van der Waals surface area contributed by atoms with Crippen molar-refractivity contribution in [3.8, 4) is 0 Å². The van der Waals surface area contributed by atoms with Crippen LogP contribution in [0.4, 0.5) is 61.7 Å². The lowest BCUT2D eigenvalue weighted by Crippen LogP contribution is -2.19. The molecule has 0 saturated heterocycles. The first-order chi connectivity index (χ1) is 34.1. The topological polar surface area (TPSA) is 369 Å². The zero-order chi connectivity index (χ0) is 51.4. The number of fused-ring (bicyclic) bond motifs is 2. The second-order valence-corrected chi connectivity index (χ2v) is 20.4. The lowest BCUT2D eigenvalue weighted by atomic mass is 10.1. The third kappa shape index (κ3) is 12.3. The maximum Gasteiger partial charge on any atom is 0.323 e. The molecule has 0 saturated carbocycles. The van der Waals surface area contributed by atoms with Gasteiger partial charge in [0.2, 0.25) is 0 Å². The zero-order valence-corrected chi connectivity index (χ0v) is 39.3. The van der Waals surface area contributed by atoms with E-state index in [2.05, 4.69) is 51.5 Å². The van der Waals surface area contributed by atoms with Gasteiger partial charge in [-0.2, -0.15) is 20.5 Å². The summed E-state index contributed by atoms with van der Waals surface area (Å²) in [6, 6.07) is 34.3. The van der Waals surface area contributed by atoms with E-state index in [0.717, 1.165) is 48.5 Å². The van der Waals surface area contributed by atoms with Gasteiger partial charge in [-0.25, -0.2) is 38.5 Å². The summed E-state index contributed by atoms with van der Waals surface area (Å²) in [7, 11) is -19.1. The molecule has 23 nitrogen and oxygen atoms in total. The van der Waals surface area contributed by atoms with Crippen LogP contribution in [0.2, 0.25) is 0 Å². The van der Waals surface area contributed by atoms with Crippen LogP contribution in [0.5, 0.6) is 0 Å². The number of carbonyl (C=O) groups excluding carboxylic acids is 1. The Morgan fingerprint density at radius 2 is 0.556 bits per heavy atom. The minimum atomic E-state index is -4.87. The molecule has 0 aliphatic rings. The number of benzene rings is 8. The summed E-state index contributed by atoms with van der Waals surface area (Å²) in [4.78, 5) is 10.9. The van der Waals surface area contributed by atoms with Crippen molar-refractivity contribution in [3.63, 3.8) is 0 Å². The Morgan fingerprint density at radius 1 is 0.306 bits per heavy atom. The number of hydrogen-bond acceptors (Lipinski definition) is 21. The van der Waals surface area contributed by atoms with Gasteiger partial charge in [0, 0.05) is 32.9 Å². The quantitative estimate of drug-likeness (QED) is 0.0756. The molecular weight excluding hydrogens is 1020 g/mol. The van der Waals surface area contributed by atoms with Crippen LogP contribution >= 0.6 is 0 Å². The Bertz CT molecular complexity index is 3770. The van der Waals surface area contributed by atoms with E-state index in [0.29, 0.717) is 33.5 Å². The van der Waals surface area contributed by atoms with Gasteiger partial charge < -0.3 is 28.8 Å². The van der Waals surface area contributed by atoms with Gasteiger partial charge >= 0.3 is 6.03 Å². The van der Waals surface area contributed by atoms with Gasteiger partial charge in [0.15, 0.2) is 0 Å². The second-order valence-electron chi connectivity index (χ2n) is 14.9. The Labute approximate surface area is 408 Å². The first kappa shape index (κ1) is 50.0. The lowest BCUT2D eigenvalue weighted by molar-refractivity contribution is 0.262. The number of anilines is 2. The van der Waals surface area contributed by atoms with E-state index in [1.54, 1.807) is 48.5 Å². The molecule has 8 aromatic rings. The highest BCUT2D eigenvalue weighted by Gasteiger charge is 2.13.